The molecular formula is C13H12N6O3. The van der Waals surface area contributed by atoms with Gasteiger partial charge in [0.15, 0.2) is 11.5 Å². The van der Waals surface area contributed by atoms with Crippen molar-refractivity contribution in [2.24, 2.45) is 7.05 Å². The lowest BCUT2D eigenvalue weighted by Crippen LogP contribution is -2.29. The normalized spacial score (nSPS) is 10.6. The van der Waals surface area contributed by atoms with Crippen molar-refractivity contribution in [2.45, 2.75) is 0 Å². The predicted octanol–water partition coefficient (Wildman–Crippen LogP) is 0.531. The summed E-state index contributed by atoms with van der Waals surface area (Å²) in [7, 11) is 1.74. The van der Waals surface area contributed by atoms with E-state index in [0.717, 1.165) is 6.07 Å². The molecule has 9 nitrogen and oxygen atoms in total. The van der Waals surface area contributed by atoms with Gasteiger partial charge in [0.25, 0.3) is 5.91 Å². The van der Waals surface area contributed by atoms with E-state index >= 15 is 0 Å². The lowest BCUT2D eigenvalue weighted by Gasteiger charge is -2.09. The van der Waals surface area contributed by atoms with Crippen molar-refractivity contribution in [2.75, 3.05) is 5.43 Å². The molecule has 3 aromatic rings. The highest BCUT2D eigenvalue weighted by Crippen LogP contribution is 2.20. The number of phenols is 2. The Morgan fingerprint density at radius 3 is 2.64 bits per heavy atom. The van der Waals surface area contributed by atoms with E-state index in [1.807, 2.05) is 0 Å². The van der Waals surface area contributed by atoms with Crippen LogP contribution in [0.1, 0.15) is 10.4 Å². The number of aromatic nitrogens is 4. The van der Waals surface area contributed by atoms with Gasteiger partial charge in [-0.2, -0.15) is 5.10 Å². The van der Waals surface area contributed by atoms with Gasteiger partial charge in [-0.25, -0.2) is 9.97 Å². The Balaban J connectivity index is 1.80. The van der Waals surface area contributed by atoms with E-state index in [9.17, 15) is 15.0 Å². The van der Waals surface area contributed by atoms with Crippen LogP contribution in [0.25, 0.3) is 11.0 Å². The minimum Gasteiger partial charge on any atom is -0.508 e. The lowest BCUT2D eigenvalue weighted by atomic mass is 10.2. The van der Waals surface area contributed by atoms with Gasteiger partial charge in [-0.15, -0.1) is 0 Å². The Morgan fingerprint density at radius 2 is 1.91 bits per heavy atom. The minimum absolute atomic E-state index is 0.0986. The number of carbonyl (C=O) groups is 1. The number of aryl methyl sites for hydroxylation is 1. The van der Waals surface area contributed by atoms with Crippen molar-refractivity contribution in [3.8, 4) is 11.5 Å². The molecular weight excluding hydrogens is 288 g/mol. The number of hydrogen-bond donors (Lipinski definition) is 4. The van der Waals surface area contributed by atoms with Crippen molar-refractivity contribution < 1.29 is 15.0 Å². The van der Waals surface area contributed by atoms with Crippen LogP contribution < -0.4 is 10.9 Å². The van der Waals surface area contributed by atoms with Gasteiger partial charge in [0.05, 0.1) is 11.6 Å². The monoisotopic (exact) mass is 300 g/mol. The van der Waals surface area contributed by atoms with E-state index in [-0.39, 0.29) is 17.1 Å². The molecule has 0 bridgehead atoms. The summed E-state index contributed by atoms with van der Waals surface area (Å²) in [5, 5.41) is 23.5. The van der Waals surface area contributed by atoms with Crippen LogP contribution in [0.4, 0.5) is 5.82 Å². The van der Waals surface area contributed by atoms with Crippen LogP contribution in [0, 0.1) is 0 Å². The van der Waals surface area contributed by atoms with Crippen molar-refractivity contribution in [3.63, 3.8) is 0 Å². The molecule has 0 unspecified atom stereocenters. The molecule has 0 saturated carbocycles. The number of benzene rings is 1. The quantitative estimate of drug-likeness (QED) is 0.520. The van der Waals surface area contributed by atoms with Crippen molar-refractivity contribution in [3.05, 3.63) is 36.3 Å². The number of fused-ring (bicyclic) bond motifs is 1. The highest BCUT2D eigenvalue weighted by Gasteiger charge is 2.11. The molecule has 9 heteroatoms. The Kier molecular flexibility index (Phi) is 3.22. The Hall–Kier alpha value is -3.36. The number of nitrogens with zero attached hydrogens (tertiary/aromatic N) is 4. The summed E-state index contributed by atoms with van der Waals surface area (Å²) >= 11 is 0. The van der Waals surface area contributed by atoms with E-state index in [2.05, 4.69) is 25.9 Å². The van der Waals surface area contributed by atoms with Crippen molar-refractivity contribution in [1.82, 2.24) is 25.2 Å². The molecule has 2 aromatic heterocycles. The van der Waals surface area contributed by atoms with Crippen molar-refractivity contribution >= 4 is 22.8 Å². The van der Waals surface area contributed by atoms with Crippen LogP contribution in [0.3, 0.4) is 0 Å². The second-order valence-electron chi connectivity index (χ2n) is 4.54. The maximum Gasteiger partial charge on any atom is 0.269 e. The lowest BCUT2D eigenvalue weighted by molar-refractivity contribution is 0.0961. The molecule has 22 heavy (non-hydrogen) atoms. The molecule has 2 heterocycles. The molecule has 0 saturated heterocycles. The number of aromatic hydroxyl groups is 2. The zero-order valence-electron chi connectivity index (χ0n) is 11.5. The standard InChI is InChI=1S/C13H12N6O3/c1-19-12-10(5-16-19)11(14-6-15-12)17-18-13(22)7-2-8(20)4-9(21)3-7/h2-6,20-21H,1H3,(H,18,22)(H,14,15,17). The number of hydrazine groups is 1. The Morgan fingerprint density at radius 1 is 1.18 bits per heavy atom. The predicted molar refractivity (Wildman–Crippen MR) is 77.2 cm³/mol. The molecule has 0 fully saturated rings. The second-order valence-corrected chi connectivity index (χ2v) is 4.54. The molecule has 0 spiro atoms. The molecule has 0 aliphatic carbocycles. The molecule has 3 rings (SSSR count). The van der Waals surface area contributed by atoms with Crippen LogP contribution in [0.2, 0.25) is 0 Å². The van der Waals surface area contributed by atoms with E-state index < -0.39 is 5.91 Å². The molecule has 1 aromatic carbocycles. The molecule has 4 N–H and O–H groups in total. The third-order valence-electron chi connectivity index (χ3n) is 2.99. The van der Waals surface area contributed by atoms with Gasteiger partial charge < -0.3 is 10.2 Å². The topological polar surface area (TPSA) is 125 Å². The van der Waals surface area contributed by atoms with Crippen LogP contribution in [0.5, 0.6) is 11.5 Å². The van der Waals surface area contributed by atoms with E-state index in [1.165, 1.54) is 18.5 Å². The molecule has 0 atom stereocenters. The zero-order chi connectivity index (χ0) is 15.7. The highest BCUT2D eigenvalue weighted by molar-refractivity contribution is 5.96. The minimum atomic E-state index is -0.540. The highest BCUT2D eigenvalue weighted by atomic mass is 16.3. The smallest absolute Gasteiger partial charge is 0.269 e. The first-order valence-corrected chi connectivity index (χ1v) is 6.26. The summed E-state index contributed by atoms with van der Waals surface area (Å²) in [6, 6.07) is 3.60. The molecule has 0 radical (unpaired) electrons. The van der Waals surface area contributed by atoms with Crippen LogP contribution in [-0.4, -0.2) is 35.9 Å². The van der Waals surface area contributed by atoms with Gasteiger partial charge in [-0.05, 0) is 12.1 Å². The van der Waals surface area contributed by atoms with Crippen molar-refractivity contribution in [1.29, 1.82) is 0 Å². The Bertz CT molecular complexity index is 840. The summed E-state index contributed by atoms with van der Waals surface area (Å²) in [6.45, 7) is 0. The summed E-state index contributed by atoms with van der Waals surface area (Å²) in [4.78, 5) is 20.1. The number of nitrogens with one attached hydrogen (secondary N) is 2. The first-order chi connectivity index (χ1) is 10.5. The van der Waals surface area contributed by atoms with Crippen LogP contribution in [0.15, 0.2) is 30.7 Å². The molecule has 0 aliphatic heterocycles. The summed E-state index contributed by atoms with van der Waals surface area (Å²) in [5.74, 6) is -0.568. The number of anilines is 1. The van der Waals surface area contributed by atoms with Crippen LogP contribution >= 0.6 is 0 Å². The molecule has 0 aliphatic rings. The van der Waals surface area contributed by atoms with Gasteiger partial charge >= 0.3 is 0 Å². The SMILES string of the molecule is Cn1ncc2c(NNC(=O)c3cc(O)cc(O)c3)ncnc21. The number of carbonyl (C=O) groups excluding carboxylic acids is 1. The summed E-state index contributed by atoms with van der Waals surface area (Å²) < 4.78 is 1.58. The number of amides is 1. The third kappa shape index (κ3) is 2.46. The summed E-state index contributed by atoms with van der Waals surface area (Å²) in [6.07, 6.45) is 2.92. The fourth-order valence-corrected chi connectivity index (χ4v) is 1.98. The number of hydrogen-bond acceptors (Lipinski definition) is 7. The maximum absolute atomic E-state index is 12.0. The largest absolute Gasteiger partial charge is 0.508 e. The van der Waals surface area contributed by atoms with E-state index in [0.29, 0.717) is 16.9 Å². The van der Waals surface area contributed by atoms with Crippen LogP contribution in [-0.2, 0) is 7.05 Å². The average Bonchev–Trinajstić information content (AvgIpc) is 2.86. The number of phenolic OH excluding ortho intramolecular Hbond substituents is 2. The van der Waals surface area contributed by atoms with Gasteiger partial charge in [0.1, 0.15) is 17.8 Å². The maximum atomic E-state index is 12.0. The molecule has 1 amide bonds. The first kappa shape index (κ1) is 13.6. The zero-order valence-corrected chi connectivity index (χ0v) is 11.5. The summed E-state index contributed by atoms with van der Waals surface area (Å²) in [5.41, 5.74) is 5.81. The van der Waals surface area contributed by atoms with Gasteiger partial charge in [0.2, 0.25) is 0 Å². The Labute approximate surface area is 124 Å². The van der Waals surface area contributed by atoms with E-state index in [4.69, 9.17) is 0 Å². The number of rotatable bonds is 3. The fourth-order valence-electron chi connectivity index (χ4n) is 1.98. The second kappa shape index (κ2) is 5.20. The fraction of sp³-hybridized carbons (Fsp3) is 0.0769. The average molecular weight is 300 g/mol. The first-order valence-electron chi connectivity index (χ1n) is 6.26. The van der Waals surface area contributed by atoms with E-state index in [1.54, 1.807) is 17.9 Å². The third-order valence-corrected chi connectivity index (χ3v) is 2.99. The van der Waals surface area contributed by atoms with Gasteiger partial charge in [-0.1, -0.05) is 0 Å². The molecule has 112 valence electrons. The van der Waals surface area contributed by atoms with Gasteiger partial charge in [0, 0.05) is 18.7 Å². The van der Waals surface area contributed by atoms with Gasteiger partial charge in [-0.3, -0.25) is 20.3 Å².